The van der Waals surface area contributed by atoms with E-state index < -0.39 is 0 Å². The molecule has 12 heavy (non-hydrogen) atoms. The van der Waals surface area contributed by atoms with Crippen molar-refractivity contribution >= 4 is 0 Å². The minimum Gasteiger partial charge on any atom is -0.375 e. The second-order valence-corrected chi connectivity index (χ2v) is 3.97. The first-order valence-electron chi connectivity index (χ1n) is 4.96. The maximum Gasteiger partial charge on any atom is 0.0715 e. The Balaban J connectivity index is 2.50. The third-order valence-electron chi connectivity index (χ3n) is 2.71. The lowest BCUT2D eigenvalue weighted by atomic mass is 9.92. The van der Waals surface area contributed by atoms with Crippen molar-refractivity contribution in [2.24, 2.45) is 0 Å². The molecule has 0 spiro atoms. The van der Waals surface area contributed by atoms with Crippen LogP contribution < -0.4 is 0 Å². The summed E-state index contributed by atoms with van der Waals surface area (Å²) >= 11 is 0. The minimum atomic E-state index is 0.192. The Labute approximate surface area is 75.8 Å². The van der Waals surface area contributed by atoms with Crippen molar-refractivity contribution in [2.75, 3.05) is 6.61 Å². The van der Waals surface area contributed by atoms with Crippen molar-refractivity contribution in [1.29, 1.82) is 0 Å². The summed E-state index contributed by atoms with van der Waals surface area (Å²) in [5.74, 6) is 0. The fourth-order valence-corrected chi connectivity index (χ4v) is 1.73. The average molecular weight is 168 g/mol. The van der Waals surface area contributed by atoms with Gasteiger partial charge in [-0.25, -0.2) is 0 Å². The molecule has 0 bridgehead atoms. The SMILES string of the molecule is CCC1(CC=C(C)C)CCCO1. The zero-order chi connectivity index (χ0) is 9.03. The molecular weight excluding hydrogens is 148 g/mol. The van der Waals surface area contributed by atoms with Crippen molar-refractivity contribution in [3.05, 3.63) is 11.6 Å². The molecule has 70 valence electrons. The maximum absolute atomic E-state index is 5.80. The third-order valence-corrected chi connectivity index (χ3v) is 2.71. The Bertz CT molecular complexity index is 160. The van der Waals surface area contributed by atoms with Crippen LogP contribution in [0.2, 0.25) is 0 Å². The summed E-state index contributed by atoms with van der Waals surface area (Å²) in [4.78, 5) is 0. The molecule has 0 radical (unpaired) electrons. The first-order chi connectivity index (χ1) is 5.68. The van der Waals surface area contributed by atoms with Crippen molar-refractivity contribution in [1.82, 2.24) is 0 Å². The Morgan fingerprint density at radius 3 is 2.67 bits per heavy atom. The molecule has 0 aromatic heterocycles. The van der Waals surface area contributed by atoms with Crippen molar-refractivity contribution < 1.29 is 4.74 Å². The molecule has 1 aliphatic rings. The summed E-state index contributed by atoms with van der Waals surface area (Å²) in [6.45, 7) is 7.49. The quantitative estimate of drug-likeness (QED) is 0.587. The van der Waals surface area contributed by atoms with Gasteiger partial charge in [-0.05, 0) is 39.5 Å². The Hall–Kier alpha value is -0.300. The molecule has 0 N–H and O–H groups in total. The molecule has 1 nitrogen and oxygen atoms in total. The minimum absolute atomic E-state index is 0.192. The molecular formula is C11H20O. The lowest BCUT2D eigenvalue weighted by molar-refractivity contribution is 0.00352. The summed E-state index contributed by atoms with van der Waals surface area (Å²) < 4.78 is 5.80. The van der Waals surface area contributed by atoms with E-state index in [4.69, 9.17) is 4.74 Å². The molecule has 0 aromatic rings. The largest absolute Gasteiger partial charge is 0.375 e. The van der Waals surface area contributed by atoms with E-state index in [1.54, 1.807) is 0 Å². The van der Waals surface area contributed by atoms with E-state index in [9.17, 15) is 0 Å². The van der Waals surface area contributed by atoms with Gasteiger partial charge in [0.25, 0.3) is 0 Å². The Morgan fingerprint density at radius 1 is 1.50 bits per heavy atom. The van der Waals surface area contributed by atoms with Gasteiger partial charge in [-0.2, -0.15) is 0 Å². The van der Waals surface area contributed by atoms with Crippen LogP contribution in [0.4, 0.5) is 0 Å². The van der Waals surface area contributed by atoms with Crippen LogP contribution in [0.3, 0.4) is 0 Å². The maximum atomic E-state index is 5.80. The van der Waals surface area contributed by atoms with Gasteiger partial charge in [0.2, 0.25) is 0 Å². The zero-order valence-corrected chi connectivity index (χ0v) is 8.52. The predicted octanol–water partition coefficient (Wildman–Crippen LogP) is 3.30. The van der Waals surface area contributed by atoms with E-state index in [2.05, 4.69) is 26.8 Å². The smallest absolute Gasteiger partial charge is 0.0715 e. The molecule has 1 aliphatic heterocycles. The number of hydrogen-bond donors (Lipinski definition) is 0. The monoisotopic (exact) mass is 168 g/mol. The van der Waals surface area contributed by atoms with Crippen LogP contribution >= 0.6 is 0 Å². The van der Waals surface area contributed by atoms with E-state index in [-0.39, 0.29) is 5.60 Å². The van der Waals surface area contributed by atoms with Crippen molar-refractivity contribution in [2.45, 2.75) is 52.1 Å². The molecule has 1 rings (SSSR count). The van der Waals surface area contributed by atoms with E-state index in [1.165, 1.54) is 18.4 Å². The molecule has 0 aromatic carbocycles. The van der Waals surface area contributed by atoms with Crippen LogP contribution in [-0.4, -0.2) is 12.2 Å². The first kappa shape index (κ1) is 9.79. The average Bonchev–Trinajstić information content (AvgIpc) is 2.50. The molecule has 1 heterocycles. The van der Waals surface area contributed by atoms with Gasteiger partial charge in [-0.15, -0.1) is 0 Å². The number of allylic oxidation sites excluding steroid dienone is 1. The van der Waals surface area contributed by atoms with Crippen molar-refractivity contribution in [3.8, 4) is 0 Å². The lowest BCUT2D eigenvalue weighted by Crippen LogP contribution is -2.25. The predicted molar refractivity (Wildman–Crippen MR) is 52.3 cm³/mol. The zero-order valence-electron chi connectivity index (χ0n) is 8.52. The van der Waals surface area contributed by atoms with E-state index in [1.807, 2.05) is 0 Å². The van der Waals surface area contributed by atoms with Gasteiger partial charge in [0, 0.05) is 6.61 Å². The second kappa shape index (κ2) is 4.08. The topological polar surface area (TPSA) is 9.23 Å². The van der Waals surface area contributed by atoms with Crippen LogP contribution in [-0.2, 0) is 4.74 Å². The number of rotatable bonds is 3. The van der Waals surface area contributed by atoms with Crippen LogP contribution in [0.1, 0.15) is 46.5 Å². The third kappa shape index (κ3) is 2.34. The highest BCUT2D eigenvalue weighted by atomic mass is 16.5. The lowest BCUT2D eigenvalue weighted by Gasteiger charge is -2.25. The first-order valence-corrected chi connectivity index (χ1v) is 4.96. The van der Waals surface area contributed by atoms with E-state index in [0.717, 1.165) is 19.4 Å². The molecule has 1 atom stereocenters. The number of hydrogen-bond acceptors (Lipinski definition) is 1. The Morgan fingerprint density at radius 2 is 2.25 bits per heavy atom. The summed E-state index contributed by atoms with van der Waals surface area (Å²) in [6, 6.07) is 0. The van der Waals surface area contributed by atoms with Crippen molar-refractivity contribution in [3.63, 3.8) is 0 Å². The molecule has 0 amide bonds. The molecule has 0 saturated carbocycles. The van der Waals surface area contributed by atoms with Crippen LogP contribution in [0.15, 0.2) is 11.6 Å². The highest BCUT2D eigenvalue weighted by molar-refractivity contribution is 4.99. The summed E-state index contributed by atoms with van der Waals surface area (Å²) in [5, 5.41) is 0. The summed E-state index contributed by atoms with van der Waals surface area (Å²) in [6.07, 6.45) is 7.04. The van der Waals surface area contributed by atoms with Gasteiger partial charge in [0.1, 0.15) is 0 Å². The van der Waals surface area contributed by atoms with Crippen LogP contribution in [0.25, 0.3) is 0 Å². The van der Waals surface area contributed by atoms with E-state index >= 15 is 0 Å². The van der Waals surface area contributed by atoms with Gasteiger partial charge in [-0.1, -0.05) is 18.6 Å². The van der Waals surface area contributed by atoms with Crippen LogP contribution in [0, 0.1) is 0 Å². The fourth-order valence-electron chi connectivity index (χ4n) is 1.73. The van der Waals surface area contributed by atoms with Gasteiger partial charge >= 0.3 is 0 Å². The van der Waals surface area contributed by atoms with Gasteiger partial charge in [0.05, 0.1) is 5.60 Å². The fraction of sp³-hybridized carbons (Fsp3) is 0.818. The Kier molecular flexibility index (Phi) is 3.33. The van der Waals surface area contributed by atoms with Gasteiger partial charge in [0.15, 0.2) is 0 Å². The van der Waals surface area contributed by atoms with Crippen LogP contribution in [0.5, 0.6) is 0 Å². The van der Waals surface area contributed by atoms with E-state index in [0.29, 0.717) is 0 Å². The van der Waals surface area contributed by atoms with Gasteiger partial charge < -0.3 is 4.74 Å². The highest BCUT2D eigenvalue weighted by Gasteiger charge is 2.31. The molecule has 1 fully saturated rings. The standard InChI is InChI=1S/C11H20O/c1-4-11(7-5-9-12-11)8-6-10(2)3/h6H,4-5,7-9H2,1-3H3. The highest BCUT2D eigenvalue weighted by Crippen LogP contribution is 2.32. The number of ether oxygens (including phenoxy) is 1. The van der Waals surface area contributed by atoms with Gasteiger partial charge in [-0.3, -0.25) is 0 Å². The summed E-state index contributed by atoms with van der Waals surface area (Å²) in [5.41, 5.74) is 1.59. The molecule has 1 heteroatoms. The molecule has 1 saturated heterocycles. The summed E-state index contributed by atoms with van der Waals surface area (Å²) in [7, 11) is 0. The molecule has 1 unspecified atom stereocenters. The second-order valence-electron chi connectivity index (χ2n) is 3.97. The normalized spacial score (nSPS) is 28.9. The molecule has 0 aliphatic carbocycles.